The first-order chi connectivity index (χ1) is 5.58. The number of rotatable bonds is 6. The maximum absolute atomic E-state index is 9.86. The van der Waals surface area contributed by atoms with Crippen LogP contribution in [0.1, 0.15) is 54.3 Å². The zero-order valence-electron chi connectivity index (χ0n) is 10.5. The van der Waals surface area contributed by atoms with Gasteiger partial charge in [0.2, 0.25) is 0 Å². The molecule has 0 bridgehead atoms. The van der Waals surface area contributed by atoms with Crippen molar-refractivity contribution in [3.05, 3.63) is 0 Å². The normalized spacial score (nSPS) is 13.6. The molecule has 3 heteroatoms. The van der Waals surface area contributed by atoms with Gasteiger partial charge >= 0.3 is 51.4 Å². The van der Waals surface area contributed by atoms with Gasteiger partial charge in [-0.1, -0.05) is 20.8 Å². The van der Waals surface area contributed by atoms with Crippen molar-refractivity contribution in [1.82, 2.24) is 0 Å². The van der Waals surface area contributed by atoms with Gasteiger partial charge < -0.3 is 11.6 Å². The fourth-order valence-electron chi connectivity index (χ4n) is 1.24. The second kappa shape index (κ2) is 8.83. The van der Waals surface area contributed by atoms with Crippen molar-refractivity contribution in [2.75, 3.05) is 0 Å². The van der Waals surface area contributed by atoms with Crippen molar-refractivity contribution >= 4 is 0 Å². The van der Waals surface area contributed by atoms with Gasteiger partial charge in [-0.15, -0.1) is 0 Å². The summed E-state index contributed by atoms with van der Waals surface area (Å²) >= 11 is 0. The smallest absolute Gasteiger partial charge is 1.00 e. The molecule has 0 aromatic rings. The molecule has 0 saturated heterocycles. The van der Waals surface area contributed by atoms with Crippen LogP contribution >= 0.6 is 0 Å². The molecule has 0 aliphatic heterocycles. The van der Waals surface area contributed by atoms with Crippen LogP contribution in [0.4, 0.5) is 0 Å². The largest absolute Gasteiger partial charge is 1.00 e. The van der Waals surface area contributed by atoms with E-state index >= 15 is 0 Å². The molecule has 0 rings (SSSR count). The standard InChI is InChI=1S/C10H22O2.K.H/c1-4-9(11)7-8-10(12,5-2)6-3;;/h9,11-12H,4-8H2,1-3H3;;/q;+1;-1. The molecule has 2 N–H and O–H groups in total. The van der Waals surface area contributed by atoms with Gasteiger partial charge in [0.25, 0.3) is 0 Å². The van der Waals surface area contributed by atoms with Crippen LogP contribution in [0.25, 0.3) is 0 Å². The summed E-state index contributed by atoms with van der Waals surface area (Å²) in [4.78, 5) is 0. The van der Waals surface area contributed by atoms with Gasteiger partial charge in [-0.25, -0.2) is 0 Å². The second-order valence-corrected chi connectivity index (χ2v) is 3.53. The van der Waals surface area contributed by atoms with Crippen LogP contribution in [-0.4, -0.2) is 21.9 Å². The zero-order chi connectivity index (χ0) is 9.61. The monoisotopic (exact) mass is 214 g/mol. The van der Waals surface area contributed by atoms with Crippen molar-refractivity contribution < 1.29 is 63.0 Å². The molecule has 0 amide bonds. The third-order valence-corrected chi connectivity index (χ3v) is 2.73. The van der Waals surface area contributed by atoms with Crippen LogP contribution in [-0.2, 0) is 0 Å². The molecule has 2 nitrogen and oxygen atoms in total. The number of hydrogen-bond donors (Lipinski definition) is 2. The summed E-state index contributed by atoms with van der Waals surface area (Å²) in [6.07, 6.45) is 3.53. The van der Waals surface area contributed by atoms with E-state index in [9.17, 15) is 10.2 Å². The van der Waals surface area contributed by atoms with Gasteiger partial charge in [0, 0.05) is 0 Å². The maximum Gasteiger partial charge on any atom is 1.00 e. The van der Waals surface area contributed by atoms with Crippen LogP contribution < -0.4 is 51.4 Å². The number of hydrogen-bond acceptors (Lipinski definition) is 2. The molecule has 1 atom stereocenters. The van der Waals surface area contributed by atoms with E-state index in [2.05, 4.69) is 0 Å². The third kappa shape index (κ3) is 7.48. The molecular formula is C10H23KO2. The maximum atomic E-state index is 9.86. The van der Waals surface area contributed by atoms with E-state index in [-0.39, 0.29) is 58.9 Å². The Morgan fingerprint density at radius 1 is 1.23 bits per heavy atom. The average molecular weight is 214 g/mol. The average Bonchev–Trinajstić information content (AvgIpc) is 2.13. The summed E-state index contributed by atoms with van der Waals surface area (Å²) in [5, 5.41) is 19.2. The van der Waals surface area contributed by atoms with E-state index in [1.54, 1.807) is 0 Å². The van der Waals surface area contributed by atoms with Gasteiger partial charge in [-0.05, 0) is 32.1 Å². The molecule has 0 saturated carbocycles. The van der Waals surface area contributed by atoms with Crippen LogP contribution in [0, 0.1) is 0 Å². The van der Waals surface area contributed by atoms with Crippen molar-refractivity contribution in [3.63, 3.8) is 0 Å². The van der Waals surface area contributed by atoms with E-state index in [4.69, 9.17) is 0 Å². The Morgan fingerprint density at radius 2 is 1.69 bits per heavy atom. The van der Waals surface area contributed by atoms with Gasteiger partial charge in [0.15, 0.2) is 0 Å². The van der Waals surface area contributed by atoms with Gasteiger partial charge in [-0.2, -0.15) is 0 Å². The fourth-order valence-corrected chi connectivity index (χ4v) is 1.24. The molecule has 13 heavy (non-hydrogen) atoms. The van der Waals surface area contributed by atoms with Crippen LogP contribution in [0.5, 0.6) is 0 Å². The van der Waals surface area contributed by atoms with Crippen molar-refractivity contribution in [2.24, 2.45) is 0 Å². The minimum atomic E-state index is -0.545. The number of aliphatic hydroxyl groups excluding tert-OH is 1. The molecule has 0 aromatic carbocycles. The van der Waals surface area contributed by atoms with Crippen LogP contribution in [0.2, 0.25) is 0 Å². The van der Waals surface area contributed by atoms with Gasteiger partial charge in [0.1, 0.15) is 0 Å². The summed E-state index contributed by atoms with van der Waals surface area (Å²) in [6, 6.07) is 0. The second-order valence-electron chi connectivity index (χ2n) is 3.53. The topological polar surface area (TPSA) is 40.5 Å². The van der Waals surface area contributed by atoms with Gasteiger partial charge in [0.05, 0.1) is 11.7 Å². The quantitative estimate of drug-likeness (QED) is 0.569. The minimum Gasteiger partial charge on any atom is -1.00 e. The molecule has 0 radical (unpaired) electrons. The Labute approximate surface area is 126 Å². The molecule has 0 fully saturated rings. The zero-order valence-corrected chi connectivity index (χ0v) is 12.6. The van der Waals surface area contributed by atoms with Crippen molar-refractivity contribution in [1.29, 1.82) is 0 Å². The Balaban J connectivity index is -0.000000605. The van der Waals surface area contributed by atoms with Crippen LogP contribution in [0.15, 0.2) is 0 Å². The molecule has 0 aromatic heterocycles. The Hall–Kier alpha value is 1.56. The SMILES string of the molecule is CCC(O)CCC(O)(CC)CC.[H-].[K+]. The van der Waals surface area contributed by atoms with E-state index in [1.807, 2.05) is 20.8 Å². The van der Waals surface area contributed by atoms with E-state index in [0.29, 0.717) is 6.42 Å². The number of aliphatic hydroxyl groups is 2. The summed E-state index contributed by atoms with van der Waals surface area (Å²) in [5.41, 5.74) is -0.545. The predicted molar refractivity (Wildman–Crippen MR) is 52.2 cm³/mol. The molecule has 1 unspecified atom stereocenters. The third-order valence-electron chi connectivity index (χ3n) is 2.73. The van der Waals surface area contributed by atoms with E-state index in [0.717, 1.165) is 25.7 Å². The van der Waals surface area contributed by atoms with Crippen LogP contribution in [0.3, 0.4) is 0 Å². The molecule has 0 spiro atoms. The van der Waals surface area contributed by atoms with E-state index in [1.165, 1.54) is 0 Å². The summed E-state index contributed by atoms with van der Waals surface area (Å²) < 4.78 is 0. The Morgan fingerprint density at radius 3 is 2.00 bits per heavy atom. The minimum absolute atomic E-state index is 0. The van der Waals surface area contributed by atoms with Crippen molar-refractivity contribution in [2.45, 2.75) is 64.6 Å². The molecule has 76 valence electrons. The van der Waals surface area contributed by atoms with Gasteiger partial charge in [-0.3, -0.25) is 0 Å². The fraction of sp³-hybridized carbons (Fsp3) is 1.00. The Kier molecular flexibility index (Phi) is 11.5. The molecular weight excluding hydrogens is 191 g/mol. The molecule has 0 heterocycles. The molecule has 0 aliphatic carbocycles. The first kappa shape index (κ1) is 17.0. The van der Waals surface area contributed by atoms with Crippen molar-refractivity contribution in [3.8, 4) is 0 Å². The summed E-state index contributed by atoms with van der Waals surface area (Å²) in [7, 11) is 0. The first-order valence-corrected chi connectivity index (χ1v) is 4.98. The van der Waals surface area contributed by atoms with E-state index < -0.39 is 5.60 Å². The predicted octanol–water partition coefficient (Wildman–Crippen LogP) is -0.795. The molecule has 0 aliphatic rings. The first-order valence-electron chi connectivity index (χ1n) is 4.98. The Bertz CT molecular complexity index is 119. The summed E-state index contributed by atoms with van der Waals surface area (Å²) in [6.45, 7) is 5.94. The summed E-state index contributed by atoms with van der Waals surface area (Å²) in [5.74, 6) is 0.